The van der Waals surface area contributed by atoms with Crippen molar-refractivity contribution in [3.05, 3.63) is 34.9 Å². The van der Waals surface area contributed by atoms with Crippen LogP contribution in [0.2, 0.25) is 5.02 Å². The van der Waals surface area contributed by atoms with E-state index in [-0.39, 0.29) is 6.04 Å². The number of nitrogens with two attached hydrogens (primary N) is 1. The lowest BCUT2D eigenvalue weighted by molar-refractivity contribution is 0.00530. The molecule has 0 amide bonds. The summed E-state index contributed by atoms with van der Waals surface area (Å²) in [6.07, 6.45) is 3.79. The highest BCUT2D eigenvalue weighted by Gasteiger charge is 2.20. The third kappa shape index (κ3) is 4.74. The van der Waals surface area contributed by atoms with Gasteiger partial charge < -0.3 is 15.4 Å². The van der Waals surface area contributed by atoms with Gasteiger partial charge in [-0.15, -0.1) is 0 Å². The summed E-state index contributed by atoms with van der Waals surface area (Å²) < 4.78 is 5.73. The van der Waals surface area contributed by atoms with Crippen LogP contribution in [0.5, 0.6) is 0 Å². The summed E-state index contributed by atoms with van der Waals surface area (Å²) in [4.78, 5) is 2.47. The number of halogens is 1. The molecule has 20 heavy (non-hydrogen) atoms. The predicted molar refractivity (Wildman–Crippen MR) is 84.1 cm³/mol. The Morgan fingerprint density at radius 1 is 1.40 bits per heavy atom. The number of nitrogens with zero attached hydrogens (tertiary/aromatic N) is 1. The van der Waals surface area contributed by atoms with Gasteiger partial charge in [-0.25, -0.2) is 0 Å². The molecule has 1 saturated heterocycles. The molecular formula is C16H25ClN2O. The van der Waals surface area contributed by atoms with E-state index in [1.54, 1.807) is 0 Å². The molecule has 1 aromatic carbocycles. The molecule has 2 unspecified atom stereocenters. The standard InChI is InChI=1S/C16H25ClN2O/c1-2-20-15-4-3-10-19(12-15)11-9-16(18)13-5-7-14(17)8-6-13/h5-8,15-16H,2-4,9-12,18H2,1H3. The van der Waals surface area contributed by atoms with Crippen LogP contribution in [-0.2, 0) is 4.74 Å². The molecule has 0 saturated carbocycles. The first kappa shape index (κ1) is 15.8. The van der Waals surface area contributed by atoms with Gasteiger partial charge in [-0.1, -0.05) is 23.7 Å². The first-order chi connectivity index (χ1) is 9.69. The van der Waals surface area contributed by atoms with Crippen LogP contribution in [0.15, 0.2) is 24.3 Å². The van der Waals surface area contributed by atoms with Gasteiger partial charge in [-0.2, -0.15) is 0 Å². The highest BCUT2D eigenvalue weighted by atomic mass is 35.5. The lowest BCUT2D eigenvalue weighted by atomic mass is 10.0. The summed E-state index contributed by atoms with van der Waals surface area (Å²) in [5.41, 5.74) is 7.41. The molecule has 0 radical (unpaired) electrons. The topological polar surface area (TPSA) is 38.5 Å². The molecule has 1 heterocycles. The van der Waals surface area contributed by atoms with Gasteiger partial charge in [0.15, 0.2) is 0 Å². The molecule has 4 heteroatoms. The molecular weight excluding hydrogens is 272 g/mol. The lowest BCUT2D eigenvalue weighted by Gasteiger charge is -2.33. The molecule has 0 aliphatic carbocycles. The number of piperidine rings is 1. The molecule has 1 aliphatic heterocycles. The van der Waals surface area contributed by atoms with E-state index in [9.17, 15) is 0 Å². The highest BCUT2D eigenvalue weighted by Crippen LogP contribution is 2.19. The van der Waals surface area contributed by atoms with Crippen LogP contribution in [0.4, 0.5) is 0 Å². The first-order valence-electron chi connectivity index (χ1n) is 7.54. The Morgan fingerprint density at radius 2 is 2.15 bits per heavy atom. The van der Waals surface area contributed by atoms with Crippen molar-refractivity contribution >= 4 is 11.6 Å². The summed E-state index contributed by atoms with van der Waals surface area (Å²) >= 11 is 5.90. The molecule has 3 nitrogen and oxygen atoms in total. The van der Waals surface area contributed by atoms with Crippen molar-refractivity contribution in [2.75, 3.05) is 26.2 Å². The Balaban J connectivity index is 1.78. The van der Waals surface area contributed by atoms with Crippen molar-refractivity contribution in [1.82, 2.24) is 4.90 Å². The normalized spacial score (nSPS) is 21.9. The van der Waals surface area contributed by atoms with Gasteiger partial charge in [0.1, 0.15) is 0 Å². The van der Waals surface area contributed by atoms with Crippen LogP contribution in [0, 0.1) is 0 Å². The summed E-state index contributed by atoms with van der Waals surface area (Å²) in [5.74, 6) is 0. The maximum absolute atomic E-state index is 6.25. The van der Waals surface area contributed by atoms with Gasteiger partial charge in [-0.3, -0.25) is 0 Å². The molecule has 2 atom stereocenters. The van der Waals surface area contributed by atoms with Crippen molar-refractivity contribution < 1.29 is 4.74 Å². The molecule has 0 spiro atoms. The van der Waals surface area contributed by atoms with E-state index in [0.717, 1.165) is 43.2 Å². The zero-order chi connectivity index (χ0) is 14.4. The van der Waals surface area contributed by atoms with Crippen LogP contribution < -0.4 is 5.73 Å². The Morgan fingerprint density at radius 3 is 2.85 bits per heavy atom. The fraction of sp³-hybridized carbons (Fsp3) is 0.625. The van der Waals surface area contributed by atoms with Crippen LogP contribution in [-0.4, -0.2) is 37.2 Å². The molecule has 0 bridgehead atoms. The molecule has 1 aliphatic rings. The van der Waals surface area contributed by atoms with Gasteiger partial charge in [0.2, 0.25) is 0 Å². The largest absolute Gasteiger partial charge is 0.377 e. The van der Waals surface area contributed by atoms with Crippen molar-refractivity contribution in [2.45, 2.75) is 38.3 Å². The Kier molecular flexibility index (Phi) is 6.30. The van der Waals surface area contributed by atoms with Gasteiger partial charge >= 0.3 is 0 Å². The smallest absolute Gasteiger partial charge is 0.0702 e. The lowest BCUT2D eigenvalue weighted by Crippen LogP contribution is -2.40. The average molecular weight is 297 g/mol. The Bertz CT molecular complexity index is 394. The average Bonchev–Trinajstić information content (AvgIpc) is 2.46. The van der Waals surface area contributed by atoms with Gasteiger partial charge in [0, 0.05) is 30.8 Å². The third-order valence-corrected chi connectivity index (χ3v) is 4.17. The monoisotopic (exact) mass is 296 g/mol. The number of likely N-dealkylation sites (tertiary alicyclic amines) is 1. The molecule has 1 aromatic rings. The van der Waals surface area contributed by atoms with E-state index in [1.807, 2.05) is 24.3 Å². The van der Waals surface area contributed by atoms with Gasteiger partial charge in [0.25, 0.3) is 0 Å². The van der Waals surface area contributed by atoms with Crippen LogP contribution >= 0.6 is 11.6 Å². The quantitative estimate of drug-likeness (QED) is 0.876. The van der Waals surface area contributed by atoms with Crippen molar-refractivity contribution in [2.24, 2.45) is 5.73 Å². The number of hydrogen-bond acceptors (Lipinski definition) is 3. The van der Waals surface area contributed by atoms with E-state index in [4.69, 9.17) is 22.1 Å². The number of hydrogen-bond donors (Lipinski definition) is 1. The number of rotatable bonds is 6. The maximum atomic E-state index is 6.25. The number of benzene rings is 1. The van der Waals surface area contributed by atoms with E-state index in [1.165, 1.54) is 12.8 Å². The minimum Gasteiger partial charge on any atom is -0.377 e. The predicted octanol–water partition coefficient (Wildman–Crippen LogP) is 3.23. The fourth-order valence-corrected chi connectivity index (χ4v) is 2.91. The molecule has 1 fully saturated rings. The summed E-state index contributed by atoms with van der Waals surface area (Å²) in [6.45, 7) is 6.11. The van der Waals surface area contributed by atoms with Crippen molar-refractivity contribution in [3.8, 4) is 0 Å². The Labute approximate surface area is 127 Å². The first-order valence-corrected chi connectivity index (χ1v) is 7.92. The zero-order valence-corrected chi connectivity index (χ0v) is 13.0. The zero-order valence-electron chi connectivity index (χ0n) is 12.2. The van der Waals surface area contributed by atoms with Crippen LogP contribution in [0.25, 0.3) is 0 Å². The molecule has 2 rings (SSSR count). The van der Waals surface area contributed by atoms with Gasteiger partial charge in [-0.05, 0) is 50.4 Å². The summed E-state index contributed by atoms with van der Waals surface area (Å²) in [5, 5.41) is 0.761. The summed E-state index contributed by atoms with van der Waals surface area (Å²) in [7, 11) is 0. The highest BCUT2D eigenvalue weighted by molar-refractivity contribution is 6.30. The van der Waals surface area contributed by atoms with E-state index >= 15 is 0 Å². The Hall–Kier alpha value is -0.610. The number of ether oxygens (including phenoxy) is 1. The maximum Gasteiger partial charge on any atom is 0.0702 e. The van der Waals surface area contributed by atoms with E-state index in [2.05, 4.69) is 11.8 Å². The van der Waals surface area contributed by atoms with Crippen molar-refractivity contribution in [1.29, 1.82) is 0 Å². The van der Waals surface area contributed by atoms with E-state index in [0.29, 0.717) is 6.10 Å². The van der Waals surface area contributed by atoms with Gasteiger partial charge in [0.05, 0.1) is 6.10 Å². The summed E-state index contributed by atoms with van der Waals surface area (Å²) in [6, 6.07) is 7.93. The second-order valence-corrected chi connectivity index (χ2v) is 5.90. The minimum atomic E-state index is 0.0831. The van der Waals surface area contributed by atoms with Crippen LogP contribution in [0.3, 0.4) is 0 Å². The minimum absolute atomic E-state index is 0.0831. The molecule has 112 valence electrons. The van der Waals surface area contributed by atoms with E-state index < -0.39 is 0 Å². The third-order valence-electron chi connectivity index (χ3n) is 3.92. The van der Waals surface area contributed by atoms with Crippen molar-refractivity contribution in [3.63, 3.8) is 0 Å². The molecule has 0 aromatic heterocycles. The second kappa shape index (κ2) is 7.99. The second-order valence-electron chi connectivity index (χ2n) is 5.47. The molecule has 2 N–H and O–H groups in total. The van der Waals surface area contributed by atoms with Crippen LogP contribution in [0.1, 0.15) is 37.8 Å². The SMILES string of the molecule is CCOC1CCCN(CCC(N)c2ccc(Cl)cc2)C1. The fourth-order valence-electron chi connectivity index (χ4n) is 2.79.